The molecular formula is C27H30FN5O6. The number of aliphatic hydroxyl groups excluding tert-OH is 1. The van der Waals surface area contributed by atoms with E-state index >= 15 is 0 Å². The maximum atomic E-state index is 13.9. The fourth-order valence-corrected chi connectivity index (χ4v) is 5.17. The minimum absolute atomic E-state index is 0.0240. The van der Waals surface area contributed by atoms with Crippen molar-refractivity contribution in [2.75, 3.05) is 12.3 Å². The second-order valence-electron chi connectivity index (χ2n) is 10.3. The molecule has 0 amide bonds. The monoisotopic (exact) mass is 539 g/mol. The Morgan fingerprint density at radius 3 is 2.72 bits per heavy atom. The molecule has 3 atom stereocenters. The SMILES string of the molecule is C#CC1(CO)OC(n2cnc3c(N)nc(F)nc32)CC1OC(=O)CC(C)(C)c1c(C)cc(C)cc1OC(C)=O. The van der Waals surface area contributed by atoms with Gasteiger partial charge in [0.1, 0.15) is 18.1 Å². The molecule has 206 valence electrons. The molecule has 1 aliphatic rings. The molecule has 0 radical (unpaired) electrons. The van der Waals surface area contributed by atoms with E-state index in [1.54, 1.807) is 6.07 Å². The van der Waals surface area contributed by atoms with E-state index in [0.29, 0.717) is 11.3 Å². The number of aliphatic hydroxyl groups is 1. The summed E-state index contributed by atoms with van der Waals surface area (Å²) in [5.41, 5.74) is 5.95. The van der Waals surface area contributed by atoms with Gasteiger partial charge in [-0.1, -0.05) is 25.8 Å². The summed E-state index contributed by atoms with van der Waals surface area (Å²) in [6.07, 6.45) is 4.01. The predicted molar refractivity (Wildman–Crippen MR) is 138 cm³/mol. The molecule has 1 saturated heterocycles. The molecule has 39 heavy (non-hydrogen) atoms. The fourth-order valence-electron chi connectivity index (χ4n) is 5.17. The zero-order chi connectivity index (χ0) is 28.7. The van der Waals surface area contributed by atoms with Crippen LogP contribution in [-0.2, 0) is 24.5 Å². The lowest BCUT2D eigenvalue weighted by molar-refractivity contribution is -0.160. The summed E-state index contributed by atoms with van der Waals surface area (Å²) >= 11 is 0. The first-order chi connectivity index (χ1) is 18.3. The van der Waals surface area contributed by atoms with Crippen LogP contribution in [0.3, 0.4) is 0 Å². The minimum atomic E-state index is -1.67. The number of ether oxygens (including phenoxy) is 3. The zero-order valence-electron chi connectivity index (χ0n) is 22.3. The molecule has 12 heteroatoms. The van der Waals surface area contributed by atoms with Crippen molar-refractivity contribution in [3.63, 3.8) is 0 Å². The lowest BCUT2D eigenvalue weighted by Gasteiger charge is -2.31. The van der Waals surface area contributed by atoms with Crippen molar-refractivity contribution in [3.05, 3.63) is 41.2 Å². The highest BCUT2D eigenvalue weighted by molar-refractivity contribution is 5.81. The molecule has 0 saturated carbocycles. The van der Waals surface area contributed by atoms with Crippen LogP contribution in [0.25, 0.3) is 11.2 Å². The number of anilines is 1. The van der Waals surface area contributed by atoms with Crippen molar-refractivity contribution in [2.24, 2.45) is 0 Å². The number of nitrogen functional groups attached to an aromatic ring is 1. The first kappa shape index (κ1) is 27.9. The number of fused-ring (bicyclic) bond motifs is 1. The van der Waals surface area contributed by atoms with Crippen LogP contribution in [0.15, 0.2) is 18.5 Å². The highest BCUT2D eigenvalue weighted by Gasteiger charge is 2.51. The third-order valence-corrected chi connectivity index (χ3v) is 6.73. The summed E-state index contributed by atoms with van der Waals surface area (Å²) in [6.45, 7) is 8.10. The molecular weight excluding hydrogens is 509 g/mol. The number of halogens is 1. The Morgan fingerprint density at radius 2 is 2.08 bits per heavy atom. The number of rotatable bonds is 7. The summed E-state index contributed by atoms with van der Waals surface area (Å²) < 4.78 is 32.5. The van der Waals surface area contributed by atoms with Crippen molar-refractivity contribution in [1.82, 2.24) is 19.5 Å². The lowest BCUT2D eigenvalue weighted by atomic mass is 9.78. The van der Waals surface area contributed by atoms with Crippen molar-refractivity contribution in [3.8, 4) is 18.1 Å². The maximum absolute atomic E-state index is 13.9. The summed E-state index contributed by atoms with van der Waals surface area (Å²) in [4.78, 5) is 36.4. The molecule has 1 aliphatic heterocycles. The number of carbonyl (C=O) groups is 2. The number of hydrogen-bond donors (Lipinski definition) is 2. The van der Waals surface area contributed by atoms with Crippen LogP contribution in [0.4, 0.5) is 10.2 Å². The van der Waals surface area contributed by atoms with E-state index < -0.39 is 48.0 Å². The number of carbonyl (C=O) groups excluding carboxylic acids is 2. The molecule has 11 nitrogen and oxygen atoms in total. The molecule has 0 spiro atoms. The van der Waals surface area contributed by atoms with Gasteiger partial charge in [-0.2, -0.15) is 14.4 Å². The second-order valence-corrected chi connectivity index (χ2v) is 10.3. The molecule has 3 N–H and O–H groups in total. The maximum Gasteiger partial charge on any atom is 0.312 e. The molecule has 1 fully saturated rings. The van der Waals surface area contributed by atoms with E-state index in [-0.39, 0.29) is 29.8 Å². The summed E-state index contributed by atoms with van der Waals surface area (Å²) in [5, 5.41) is 10.2. The molecule has 3 unspecified atom stereocenters. The van der Waals surface area contributed by atoms with Crippen LogP contribution in [0.5, 0.6) is 5.75 Å². The quantitative estimate of drug-likeness (QED) is 0.198. The van der Waals surface area contributed by atoms with Gasteiger partial charge in [-0.05, 0) is 31.0 Å². The topological polar surface area (TPSA) is 152 Å². The third-order valence-electron chi connectivity index (χ3n) is 6.73. The molecule has 0 aliphatic carbocycles. The first-order valence-corrected chi connectivity index (χ1v) is 12.2. The average Bonchev–Trinajstić information content (AvgIpc) is 3.39. The van der Waals surface area contributed by atoms with Crippen molar-refractivity contribution in [1.29, 1.82) is 0 Å². The standard InChI is InChI=1S/C27H30FN5O6/c1-7-27(12-34)18(10-19(39-27)33-13-30-22-23(29)31-25(28)32-24(22)33)38-20(36)11-26(5,6)21-15(3)8-14(2)9-17(21)37-16(4)35/h1,8-9,13,18-19,34H,10-12H2,2-6H3,(H2,29,31,32). The molecule has 2 aromatic heterocycles. The lowest BCUT2D eigenvalue weighted by Crippen LogP contribution is -2.44. The fraction of sp³-hybridized carbons (Fsp3) is 0.444. The van der Waals surface area contributed by atoms with Gasteiger partial charge in [-0.25, -0.2) is 4.98 Å². The van der Waals surface area contributed by atoms with Gasteiger partial charge in [0.15, 0.2) is 22.6 Å². The number of benzene rings is 1. The number of terminal acetylenes is 1. The molecule has 3 heterocycles. The smallest absolute Gasteiger partial charge is 0.312 e. The van der Waals surface area contributed by atoms with Gasteiger partial charge in [0, 0.05) is 24.3 Å². The Balaban J connectivity index is 1.60. The average molecular weight is 540 g/mol. The van der Waals surface area contributed by atoms with Crippen LogP contribution >= 0.6 is 0 Å². The van der Waals surface area contributed by atoms with E-state index in [9.17, 15) is 19.1 Å². The highest BCUT2D eigenvalue weighted by Crippen LogP contribution is 2.42. The Bertz CT molecular complexity index is 1500. The van der Waals surface area contributed by atoms with Crippen LogP contribution < -0.4 is 10.5 Å². The zero-order valence-corrected chi connectivity index (χ0v) is 22.3. The van der Waals surface area contributed by atoms with Gasteiger partial charge in [0.05, 0.1) is 19.4 Å². The minimum Gasteiger partial charge on any atom is -0.458 e. The van der Waals surface area contributed by atoms with E-state index in [4.69, 9.17) is 26.4 Å². The molecule has 1 aromatic carbocycles. The van der Waals surface area contributed by atoms with Gasteiger partial charge < -0.3 is 25.1 Å². The van der Waals surface area contributed by atoms with E-state index in [0.717, 1.165) is 11.1 Å². The number of esters is 2. The summed E-state index contributed by atoms with van der Waals surface area (Å²) in [5.74, 6) is 1.55. The number of nitrogens with zero attached hydrogens (tertiary/aromatic N) is 4. The summed E-state index contributed by atoms with van der Waals surface area (Å²) in [7, 11) is 0. The van der Waals surface area contributed by atoms with Gasteiger partial charge in [-0.15, -0.1) is 6.42 Å². The van der Waals surface area contributed by atoms with Crippen molar-refractivity contribution in [2.45, 2.75) is 70.8 Å². The predicted octanol–water partition coefficient (Wildman–Crippen LogP) is 2.65. The van der Waals surface area contributed by atoms with Gasteiger partial charge >= 0.3 is 18.0 Å². The number of hydrogen-bond acceptors (Lipinski definition) is 10. The molecule has 3 aromatic rings. The number of imidazole rings is 1. The third kappa shape index (κ3) is 5.28. The normalized spacial score (nSPS) is 21.1. The molecule has 0 bridgehead atoms. The van der Waals surface area contributed by atoms with Crippen molar-refractivity contribution < 1.29 is 33.3 Å². The van der Waals surface area contributed by atoms with E-state index in [1.165, 1.54) is 17.8 Å². The largest absolute Gasteiger partial charge is 0.458 e. The van der Waals surface area contributed by atoms with Gasteiger partial charge in [0.2, 0.25) is 0 Å². The van der Waals surface area contributed by atoms with E-state index in [2.05, 4.69) is 20.9 Å². The van der Waals surface area contributed by atoms with Gasteiger partial charge in [-0.3, -0.25) is 14.2 Å². The Hall–Kier alpha value is -4.08. The van der Waals surface area contributed by atoms with Crippen LogP contribution in [0.1, 0.15) is 56.5 Å². The number of aryl methyl sites for hydroxylation is 2. The summed E-state index contributed by atoms with van der Waals surface area (Å²) in [6, 6.07) is 3.68. The number of aromatic nitrogens is 4. The Labute approximate surface area is 224 Å². The van der Waals surface area contributed by atoms with Crippen LogP contribution in [0, 0.1) is 32.3 Å². The highest BCUT2D eigenvalue weighted by atomic mass is 19.1. The Kier molecular flexibility index (Phi) is 7.34. The Morgan fingerprint density at radius 1 is 1.36 bits per heavy atom. The van der Waals surface area contributed by atoms with Gasteiger partial charge in [0.25, 0.3) is 0 Å². The van der Waals surface area contributed by atoms with E-state index in [1.807, 2.05) is 33.8 Å². The second kappa shape index (κ2) is 10.2. The van der Waals surface area contributed by atoms with Crippen LogP contribution in [0.2, 0.25) is 0 Å². The van der Waals surface area contributed by atoms with Crippen LogP contribution in [-0.4, -0.2) is 54.9 Å². The number of nitrogens with two attached hydrogens (primary N) is 1. The first-order valence-electron chi connectivity index (χ1n) is 12.2. The van der Waals surface area contributed by atoms with Crippen molar-refractivity contribution >= 4 is 28.9 Å². The molecule has 4 rings (SSSR count).